The van der Waals surface area contributed by atoms with Crippen LogP contribution in [0.15, 0.2) is 35.2 Å². The summed E-state index contributed by atoms with van der Waals surface area (Å²) in [6.07, 6.45) is 2.43. The number of rotatable bonds is 3. The third-order valence-corrected chi connectivity index (χ3v) is 5.25. The van der Waals surface area contributed by atoms with Crippen LogP contribution in [0.4, 0.5) is 10.1 Å². The van der Waals surface area contributed by atoms with E-state index in [1.54, 1.807) is 0 Å². The Labute approximate surface area is 171 Å². The van der Waals surface area contributed by atoms with Crippen LogP contribution in [0.2, 0.25) is 0 Å². The van der Waals surface area contributed by atoms with Gasteiger partial charge in [-0.2, -0.15) is 0 Å². The SMILES string of the molecule is CC1(C)CC(NC2N=C(Nc3ccc4c(c3)OCCO4)NC=C2F)CC(C)(C)N1. The first kappa shape index (κ1) is 20.0. The van der Waals surface area contributed by atoms with Crippen LogP contribution in [-0.2, 0) is 0 Å². The Morgan fingerprint density at radius 1 is 1.07 bits per heavy atom. The summed E-state index contributed by atoms with van der Waals surface area (Å²) < 4.78 is 25.6. The standard InChI is InChI=1S/C21H30FN5O2/c1-20(2)10-14(11-21(3,4)27-20)24-18-15(22)12-23-19(26-18)25-13-5-6-16-17(9-13)29-8-7-28-16/h5-6,9,12,14,18,24,27H,7-8,10-11H2,1-4H3,(H2,23,25,26). The first-order valence-electron chi connectivity index (χ1n) is 10.1. The molecule has 3 heterocycles. The summed E-state index contributed by atoms with van der Waals surface area (Å²) in [4.78, 5) is 4.51. The minimum absolute atomic E-state index is 0.0253. The van der Waals surface area contributed by atoms with Crippen LogP contribution in [0.25, 0.3) is 0 Å². The highest BCUT2D eigenvalue weighted by molar-refractivity contribution is 5.95. The molecule has 3 aliphatic rings. The van der Waals surface area contributed by atoms with Gasteiger partial charge >= 0.3 is 0 Å². The number of anilines is 1. The van der Waals surface area contributed by atoms with Gasteiger partial charge in [-0.3, -0.25) is 5.32 Å². The number of aliphatic imine (C=N–C) groups is 1. The van der Waals surface area contributed by atoms with E-state index in [0.717, 1.165) is 24.3 Å². The maximum absolute atomic E-state index is 14.5. The van der Waals surface area contributed by atoms with E-state index in [9.17, 15) is 4.39 Å². The highest BCUT2D eigenvalue weighted by Gasteiger charge is 2.38. The summed E-state index contributed by atoms with van der Waals surface area (Å²) in [5, 5.41) is 13.1. The van der Waals surface area contributed by atoms with E-state index >= 15 is 0 Å². The van der Waals surface area contributed by atoms with Crippen molar-refractivity contribution in [2.75, 3.05) is 18.5 Å². The molecule has 0 aromatic heterocycles. The number of benzene rings is 1. The number of nitrogens with one attached hydrogen (secondary N) is 4. The summed E-state index contributed by atoms with van der Waals surface area (Å²) in [6.45, 7) is 9.78. The first-order chi connectivity index (χ1) is 13.7. The molecule has 0 saturated carbocycles. The van der Waals surface area contributed by atoms with Crippen LogP contribution in [0.5, 0.6) is 11.5 Å². The van der Waals surface area contributed by atoms with Crippen LogP contribution in [0, 0.1) is 0 Å². The summed E-state index contributed by atoms with van der Waals surface area (Å²) in [5.41, 5.74) is 0.740. The summed E-state index contributed by atoms with van der Waals surface area (Å²) in [7, 11) is 0. The van der Waals surface area contributed by atoms with Crippen molar-refractivity contribution in [1.82, 2.24) is 16.0 Å². The van der Waals surface area contributed by atoms with E-state index in [1.807, 2.05) is 18.2 Å². The second-order valence-electron chi connectivity index (χ2n) is 9.20. The van der Waals surface area contributed by atoms with Crippen LogP contribution < -0.4 is 30.7 Å². The van der Waals surface area contributed by atoms with Crippen molar-refractivity contribution in [3.8, 4) is 11.5 Å². The molecular formula is C21H30FN5O2. The molecule has 158 valence electrons. The number of hydrogen-bond donors (Lipinski definition) is 4. The molecule has 0 bridgehead atoms. The van der Waals surface area contributed by atoms with Crippen LogP contribution in [0.1, 0.15) is 40.5 Å². The van der Waals surface area contributed by atoms with Gasteiger partial charge in [-0.1, -0.05) is 0 Å². The molecule has 4 N–H and O–H groups in total. The molecule has 7 nitrogen and oxygen atoms in total. The highest BCUT2D eigenvalue weighted by atomic mass is 19.1. The molecule has 1 fully saturated rings. The van der Waals surface area contributed by atoms with Gasteiger partial charge in [0.1, 0.15) is 13.2 Å². The number of piperidine rings is 1. The predicted molar refractivity (Wildman–Crippen MR) is 112 cm³/mol. The molecule has 4 rings (SSSR count). The lowest BCUT2D eigenvalue weighted by molar-refractivity contribution is 0.140. The minimum Gasteiger partial charge on any atom is -0.486 e. The van der Waals surface area contributed by atoms with Crippen molar-refractivity contribution in [2.45, 2.75) is 63.8 Å². The van der Waals surface area contributed by atoms with Gasteiger partial charge in [0.2, 0.25) is 5.96 Å². The van der Waals surface area contributed by atoms with Crippen molar-refractivity contribution in [2.24, 2.45) is 4.99 Å². The number of fused-ring (bicyclic) bond motifs is 1. The highest BCUT2D eigenvalue weighted by Crippen LogP contribution is 2.33. The predicted octanol–water partition coefficient (Wildman–Crippen LogP) is 2.86. The smallest absolute Gasteiger partial charge is 0.201 e. The van der Waals surface area contributed by atoms with Gasteiger partial charge in [-0.15, -0.1) is 0 Å². The molecule has 1 saturated heterocycles. The van der Waals surface area contributed by atoms with Crippen molar-refractivity contribution >= 4 is 11.6 Å². The average Bonchev–Trinajstić information content (AvgIpc) is 2.62. The van der Waals surface area contributed by atoms with E-state index in [-0.39, 0.29) is 22.9 Å². The Morgan fingerprint density at radius 2 is 1.76 bits per heavy atom. The number of ether oxygens (including phenoxy) is 2. The normalized spacial score (nSPS) is 25.5. The van der Waals surface area contributed by atoms with Crippen molar-refractivity contribution < 1.29 is 13.9 Å². The van der Waals surface area contributed by atoms with E-state index < -0.39 is 6.17 Å². The van der Waals surface area contributed by atoms with Crippen LogP contribution in [-0.4, -0.2) is 42.5 Å². The maximum Gasteiger partial charge on any atom is 0.201 e. The second kappa shape index (κ2) is 7.50. The summed E-state index contributed by atoms with van der Waals surface area (Å²) in [5.74, 6) is 1.56. The van der Waals surface area contributed by atoms with Gasteiger partial charge in [0.05, 0.1) is 0 Å². The third-order valence-electron chi connectivity index (χ3n) is 5.25. The van der Waals surface area contributed by atoms with E-state index in [4.69, 9.17) is 9.47 Å². The van der Waals surface area contributed by atoms with E-state index in [2.05, 4.69) is 54.0 Å². The number of halogens is 1. The largest absolute Gasteiger partial charge is 0.486 e. The zero-order valence-corrected chi connectivity index (χ0v) is 17.4. The Hall–Kier alpha value is -2.32. The lowest BCUT2D eigenvalue weighted by atomic mass is 9.79. The van der Waals surface area contributed by atoms with Gasteiger partial charge in [0.15, 0.2) is 23.5 Å². The molecule has 1 atom stereocenters. The van der Waals surface area contributed by atoms with E-state index in [1.165, 1.54) is 6.20 Å². The fourth-order valence-corrected chi connectivity index (χ4v) is 4.55. The maximum atomic E-state index is 14.5. The molecule has 0 amide bonds. The van der Waals surface area contributed by atoms with Crippen LogP contribution >= 0.6 is 0 Å². The summed E-state index contributed by atoms with van der Waals surface area (Å²) in [6, 6.07) is 5.74. The number of nitrogens with zero attached hydrogens (tertiary/aromatic N) is 1. The molecule has 1 unspecified atom stereocenters. The van der Waals surface area contributed by atoms with Gasteiger partial charge in [0.25, 0.3) is 0 Å². The molecule has 8 heteroatoms. The molecule has 0 spiro atoms. The topological polar surface area (TPSA) is 78.9 Å². The third kappa shape index (κ3) is 4.82. The van der Waals surface area contributed by atoms with Crippen molar-refractivity contribution in [3.63, 3.8) is 0 Å². The lowest BCUT2D eigenvalue weighted by Gasteiger charge is -2.47. The molecular weight excluding hydrogens is 373 g/mol. The molecule has 1 aromatic rings. The van der Waals surface area contributed by atoms with E-state index in [0.29, 0.717) is 24.9 Å². The minimum atomic E-state index is -0.717. The number of guanidine groups is 1. The van der Waals surface area contributed by atoms with Crippen molar-refractivity contribution in [3.05, 3.63) is 30.2 Å². The van der Waals surface area contributed by atoms with Crippen molar-refractivity contribution in [1.29, 1.82) is 0 Å². The fourth-order valence-electron chi connectivity index (χ4n) is 4.55. The van der Waals surface area contributed by atoms with Gasteiger partial charge in [0, 0.05) is 35.1 Å². The molecule has 29 heavy (non-hydrogen) atoms. The molecule has 0 aliphatic carbocycles. The molecule has 1 aromatic carbocycles. The Balaban J connectivity index is 1.45. The Kier molecular flexibility index (Phi) is 5.16. The molecule has 3 aliphatic heterocycles. The average molecular weight is 404 g/mol. The number of hydrogen-bond acceptors (Lipinski definition) is 7. The Bertz CT molecular complexity index is 820. The summed E-state index contributed by atoms with van der Waals surface area (Å²) >= 11 is 0. The monoisotopic (exact) mass is 403 g/mol. The Morgan fingerprint density at radius 3 is 2.48 bits per heavy atom. The first-order valence-corrected chi connectivity index (χ1v) is 10.1. The van der Waals surface area contributed by atoms with Crippen LogP contribution in [0.3, 0.4) is 0 Å². The van der Waals surface area contributed by atoms with Gasteiger partial charge in [-0.25, -0.2) is 9.38 Å². The zero-order chi connectivity index (χ0) is 20.6. The quantitative estimate of drug-likeness (QED) is 0.622. The van der Waals surface area contributed by atoms with Gasteiger partial charge < -0.3 is 25.4 Å². The second-order valence-corrected chi connectivity index (χ2v) is 9.20. The van der Waals surface area contributed by atoms with Gasteiger partial charge in [-0.05, 0) is 52.7 Å². The lowest BCUT2D eigenvalue weighted by Crippen LogP contribution is -2.62. The fraction of sp³-hybridized carbons (Fsp3) is 0.571. The zero-order valence-electron chi connectivity index (χ0n) is 17.4. The molecule has 0 radical (unpaired) electrons.